The van der Waals surface area contributed by atoms with E-state index in [2.05, 4.69) is 31.9 Å². The Balaban J connectivity index is -0.0000650. The summed E-state index contributed by atoms with van der Waals surface area (Å²) in [5, 5.41) is 52.9. The number of aliphatic carboxylic acids is 4. The first kappa shape index (κ1) is 108. The van der Waals surface area contributed by atoms with Gasteiger partial charge in [0.2, 0.25) is 35.4 Å². The van der Waals surface area contributed by atoms with Crippen LogP contribution in [0.4, 0.5) is 0 Å². The number of nitrogens with two attached hydrogens (primary N) is 2. The lowest BCUT2D eigenvalue weighted by molar-refractivity contribution is -0.144. The average molecular weight is 1640 g/mol. The van der Waals surface area contributed by atoms with Crippen LogP contribution in [0.2, 0.25) is 0 Å². The van der Waals surface area contributed by atoms with Gasteiger partial charge in [0.15, 0.2) is 5.78 Å². The lowest BCUT2D eigenvalue weighted by atomic mass is 9.79. The van der Waals surface area contributed by atoms with Crippen molar-refractivity contribution in [2.45, 2.75) is 335 Å². The minimum Gasteiger partial charge on any atom is -0.481 e. The number of unbranched alkanes of at least 4 members (excludes halogenated alkanes) is 23. The van der Waals surface area contributed by atoms with Gasteiger partial charge in [-0.25, -0.2) is 4.79 Å². The van der Waals surface area contributed by atoms with Crippen molar-refractivity contribution >= 4 is 88.2 Å². The van der Waals surface area contributed by atoms with E-state index in [4.69, 9.17) is 40.6 Å². The monoisotopic (exact) mass is 1640 g/mol. The number of carboxylic acid groups (broad SMARTS) is 4. The fourth-order valence-electron chi connectivity index (χ4n) is 12.7. The third-order valence-electron chi connectivity index (χ3n) is 20.1. The van der Waals surface area contributed by atoms with Crippen LogP contribution < -0.4 is 43.4 Å². The van der Waals surface area contributed by atoms with E-state index in [-0.39, 0.29) is 197 Å². The van der Waals surface area contributed by atoms with E-state index in [1.165, 1.54) is 6.92 Å². The number of ether oxygens (including phenoxy) is 4. The lowest BCUT2D eigenvalue weighted by Gasteiger charge is -2.23. The molecule has 0 aliphatic heterocycles. The van der Waals surface area contributed by atoms with Gasteiger partial charge in [-0.2, -0.15) is 0 Å². The van der Waals surface area contributed by atoms with E-state index in [1.54, 1.807) is 20.8 Å². The molecule has 115 heavy (non-hydrogen) atoms. The highest BCUT2D eigenvalue weighted by Gasteiger charge is 2.31. The summed E-state index contributed by atoms with van der Waals surface area (Å²) in [5.74, 6) is -8.58. The minimum atomic E-state index is -1.22. The normalized spacial score (nSPS) is 13.0. The second-order valence-electron chi connectivity index (χ2n) is 31.5. The van der Waals surface area contributed by atoms with Gasteiger partial charge in [0.25, 0.3) is 0 Å². The van der Waals surface area contributed by atoms with Crippen molar-refractivity contribution < 1.29 is 114 Å². The summed E-state index contributed by atoms with van der Waals surface area (Å²) >= 11 is 0. The van der Waals surface area contributed by atoms with Gasteiger partial charge in [-0.15, -0.1) is 0 Å². The molecule has 6 atom stereocenters. The average Bonchev–Trinajstić information content (AvgIpc) is 0.864. The molecule has 0 spiro atoms. The number of Topliss-reactive ketones (excluding diaryl/α,β-unsaturated/α-hetero) is 5. The predicted octanol–water partition coefficient (Wildman–Crippen LogP) is 9.92. The van der Waals surface area contributed by atoms with Crippen molar-refractivity contribution in [3.8, 4) is 0 Å². The molecule has 0 aliphatic rings. The van der Waals surface area contributed by atoms with E-state index in [1.807, 2.05) is 0 Å². The molecule has 0 unspecified atom stereocenters. The SMILES string of the molecule is CC(=O)[C@H](CCCCNC(=O)[C@@H](N)CCCCCC(=O)COCCOCCNC(=O)CC[C@H](CC(=O)CCCCCCCCCCCCC(=O)O)C(=O)O)CC(=O)[C@H](CCCCNC(=O)[C@@H](N)CCCCNC(=O)COCCOCCNC(=O)CC[C@H](NC(=O)CCCCCCCCCCCCC(=O)O)C(=O)O)CC(=O)C(C)(C)C.[HH].[HH]. The van der Waals surface area contributed by atoms with Crippen LogP contribution in [0.3, 0.4) is 0 Å². The fraction of sp³-hybridized carbons (Fsp3) is 0.821. The van der Waals surface area contributed by atoms with Crippen LogP contribution >= 0.6 is 0 Å². The van der Waals surface area contributed by atoms with Gasteiger partial charge in [0, 0.05) is 117 Å². The molecule has 6 amide bonds. The molecule has 31 heteroatoms. The third-order valence-corrected chi connectivity index (χ3v) is 20.1. The largest absolute Gasteiger partial charge is 0.481 e. The molecule has 666 valence electrons. The molecule has 0 rings (SSSR count). The van der Waals surface area contributed by atoms with Gasteiger partial charge in [-0.3, -0.25) is 67.1 Å². The van der Waals surface area contributed by atoms with Crippen LogP contribution in [-0.2, 0) is 90.9 Å². The molecule has 0 heterocycles. The molecule has 0 fully saturated rings. The second-order valence-corrected chi connectivity index (χ2v) is 31.5. The number of carbonyl (C=O) groups is 15. The summed E-state index contributed by atoms with van der Waals surface area (Å²) in [6.45, 7) is 8.88. The number of hydrogen-bond donors (Lipinski definition) is 12. The summed E-state index contributed by atoms with van der Waals surface area (Å²) in [6, 6.07) is -2.71. The maximum atomic E-state index is 13.8. The van der Waals surface area contributed by atoms with E-state index in [0.29, 0.717) is 142 Å². The number of rotatable bonds is 82. The first-order valence-corrected chi connectivity index (χ1v) is 42.9. The van der Waals surface area contributed by atoms with E-state index in [9.17, 15) is 82.1 Å². The summed E-state index contributed by atoms with van der Waals surface area (Å²) in [6.07, 6.45) is 26.9. The number of ketones is 5. The Labute approximate surface area is 686 Å². The Morgan fingerprint density at radius 3 is 1.17 bits per heavy atom. The number of nitrogens with one attached hydrogen (secondary N) is 6. The zero-order valence-corrected chi connectivity index (χ0v) is 70.2. The minimum absolute atomic E-state index is 0. The Morgan fingerprint density at radius 1 is 0.330 bits per heavy atom. The van der Waals surface area contributed by atoms with Crippen molar-refractivity contribution in [3.63, 3.8) is 0 Å². The molecular formula is C84H152N8O23. The molecule has 0 saturated heterocycles. The number of carbonyl (C=O) groups excluding carboxylic acids is 11. The molecule has 0 aliphatic carbocycles. The quantitative estimate of drug-likeness (QED) is 0.0252. The smallest absolute Gasteiger partial charge is 0.326 e. The Morgan fingerprint density at radius 2 is 0.713 bits per heavy atom. The topological polar surface area (TPSA) is 498 Å². The van der Waals surface area contributed by atoms with Crippen LogP contribution in [0.5, 0.6) is 0 Å². The van der Waals surface area contributed by atoms with E-state index in [0.717, 1.165) is 103 Å². The molecule has 0 saturated carbocycles. The van der Waals surface area contributed by atoms with Gasteiger partial charge in [-0.1, -0.05) is 149 Å². The number of amides is 6. The predicted molar refractivity (Wildman–Crippen MR) is 439 cm³/mol. The zero-order chi connectivity index (χ0) is 85.7. The summed E-state index contributed by atoms with van der Waals surface area (Å²) in [5.41, 5.74) is 11.7. The lowest BCUT2D eigenvalue weighted by Crippen LogP contribution is -2.41. The van der Waals surface area contributed by atoms with Gasteiger partial charge in [-0.05, 0) is 103 Å². The maximum absolute atomic E-state index is 13.8. The Bertz CT molecular complexity index is 2800. The highest BCUT2D eigenvalue weighted by Crippen LogP contribution is 2.27. The highest BCUT2D eigenvalue weighted by molar-refractivity contribution is 5.93. The van der Waals surface area contributed by atoms with Crippen LogP contribution in [0.25, 0.3) is 0 Å². The summed E-state index contributed by atoms with van der Waals surface area (Å²) in [4.78, 5) is 184. The molecular weight excluding hydrogens is 1490 g/mol. The highest BCUT2D eigenvalue weighted by atomic mass is 16.5. The van der Waals surface area contributed by atoms with E-state index < -0.39 is 65.2 Å². The van der Waals surface area contributed by atoms with E-state index >= 15 is 0 Å². The Kier molecular flexibility index (Phi) is 66.5. The van der Waals surface area contributed by atoms with Gasteiger partial charge >= 0.3 is 23.9 Å². The summed E-state index contributed by atoms with van der Waals surface area (Å²) < 4.78 is 21.7. The van der Waals surface area contributed by atoms with Gasteiger partial charge in [0.05, 0.1) is 57.6 Å². The standard InChI is InChI=1S/C84H148N8O23.2H2/c1-63(93)64(34-28-31-48-90-80(106)69(85)38-24-21-23-37-68(95)61-114-56-54-112-52-50-88-74(98)45-43-66(82(108)109)58-67(94)36-22-17-13-9-5-7-11-15-19-26-41-78(102)103)59-72(96)65(60-73(97)84(2,3)4)35-29-32-49-91-81(107)70(86)39-30-33-47-87-77(101)62-115-57-55-113-53-51-89-75(99)46-44-71(83(110)111)92-76(100)40-25-18-14-10-6-8-12-16-20-27-42-79(104)105;;/h64-66,69-71H,5-62,85-86H2,1-4H3,(H,87,101)(H,88,98)(H,89,99)(H,90,106)(H,91,107)(H,92,100)(H,102,103)(H,104,105)(H,108,109)(H,110,111);2*1H/t64-,65-,66-,69+,70+,71+;;/m1../s1. The molecule has 0 aromatic rings. The van der Waals surface area contributed by atoms with Crippen molar-refractivity contribution in [3.05, 3.63) is 0 Å². The first-order valence-electron chi connectivity index (χ1n) is 42.9. The van der Waals surface area contributed by atoms with Crippen LogP contribution in [0.1, 0.15) is 319 Å². The number of hydrogen-bond acceptors (Lipinski definition) is 21. The van der Waals surface area contributed by atoms with Crippen molar-refractivity contribution in [1.82, 2.24) is 31.9 Å². The van der Waals surface area contributed by atoms with Crippen LogP contribution in [0, 0.1) is 23.2 Å². The van der Waals surface area contributed by atoms with Gasteiger partial charge in [0.1, 0.15) is 42.4 Å². The molecule has 14 N–H and O–H groups in total. The Hall–Kier alpha value is -7.19. The van der Waals surface area contributed by atoms with Crippen LogP contribution in [0.15, 0.2) is 0 Å². The fourth-order valence-corrected chi connectivity index (χ4v) is 12.7. The van der Waals surface area contributed by atoms with Crippen molar-refractivity contribution in [2.75, 3.05) is 85.6 Å². The maximum Gasteiger partial charge on any atom is 0.326 e. The molecule has 31 nitrogen and oxygen atoms in total. The molecule has 0 aromatic carbocycles. The van der Waals surface area contributed by atoms with Crippen molar-refractivity contribution in [2.24, 2.45) is 34.6 Å². The van der Waals surface area contributed by atoms with Gasteiger partial charge < -0.3 is 82.7 Å². The zero-order valence-electron chi connectivity index (χ0n) is 70.2. The summed E-state index contributed by atoms with van der Waals surface area (Å²) in [7, 11) is 0. The second kappa shape index (κ2) is 71.0. The molecule has 0 aromatic heterocycles. The third kappa shape index (κ3) is 66.5. The first-order chi connectivity index (χ1) is 54.9. The van der Waals surface area contributed by atoms with Crippen LogP contribution in [-0.4, -0.2) is 212 Å². The molecule has 0 radical (unpaired) electrons. The van der Waals surface area contributed by atoms with Crippen molar-refractivity contribution in [1.29, 1.82) is 0 Å². The number of carboxylic acids is 4. The molecule has 0 bridgehead atoms.